The van der Waals surface area contributed by atoms with E-state index in [9.17, 15) is 30.3 Å². The maximum Gasteiger partial charge on any atom is 0.334 e. The van der Waals surface area contributed by atoms with Crippen LogP contribution in [0.3, 0.4) is 0 Å². The van der Waals surface area contributed by atoms with E-state index in [-0.39, 0.29) is 37.1 Å². The average molecular weight is 613 g/mol. The number of aliphatic hydroxyl groups is 5. The average Bonchev–Trinajstić information content (AvgIpc) is 3.58. The Bertz CT molecular complexity index is 758. The number of aliphatic hydroxyl groups excluding tert-OH is 5. The third kappa shape index (κ3) is 16.7. The van der Waals surface area contributed by atoms with Crippen LogP contribution in [0.5, 0.6) is 0 Å². The summed E-state index contributed by atoms with van der Waals surface area (Å²) >= 11 is 0. The van der Waals surface area contributed by atoms with Crippen LogP contribution in [-0.2, 0) is 14.3 Å². The van der Waals surface area contributed by atoms with Crippen LogP contribution in [0.25, 0.3) is 0 Å². The molecule has 2 heterocycles. The van der Waals surface area contributed by atoms with Gasteiger partial charge in [-0.05, 0) is 64.4 Å². The van der Waals surface area contributed by atoms with E-state index in [1.54, 1.807) is 13.0 Å². The highest BCUT2D eigenvalue weighted by Gasteiger charge is 2.35. The van der Waals surface area contributed by atoms with Gasteiger partial charge in [0.05, 0.1) is 42.7 Å². The second-order valence-corrected chi connectivity index (χ2v) is 13.3. The van der Waals surface area contributed by atoms with E-state index in [1.165, 1.54) is 51.4 Å². The van der Waals surface area contributed by atoms with E-state index < -0.39 is 30.5 Å². The number of carbonyl (C=O) groups is 1. The molecule has 2 rings (SSSR count). The molecule has 2 aliphatic rings. The molecule has 5 N–H and O–H groups in total. The maximum absolute atomic E-state index is 11.7. The fourth-order valence-electron chi connectivity index (χ4n) is 6.46. The van der Waals surface area contributed by atoms with E-state index >= 15 is 0 Å². The smallest absolute Gasteiger partial charge is 0.334 e. The van der Waals surface area contributed by atoms with Crippen LogP contribution in [0.2, 0.25) is 0 Å². The molecule has 0 aromatic carbocycles. The van der Waals surface area contributed by atoms with Crippen molar-refractivity contribution in [3.05, 3.63) is 11.6 Å². The SMILES string of the molecule is CCCCCCCCCCCC[C@H](O)[C@H]1CC[C@@H]([C@H](O)C[C@H](O)CCCC[C@H](O)CCC[C@H](O)CC2=C[C@@H](C)OC2=O)O1. The molecule has 0 aromatic rings. The molecule has 8 atom stereocenters. The van der Waals surface area contributed by atoms with Crippen molar-refractivity contribution < 1.29 is 39.8 Å². The molecular formula is C35H64O8. The largest absolute Gasteiger partial charge is 0.455 e. The Morgan fingerprint density at radius 3 is 1.79 bits per heavy atom. The molecule has 0 bridgehead atoms. The molecule has 8 heteroatoms. The first-order chi connectivity index (χ1) is 20.7. The van der Waals surface area contributed by atoms with Gasteiger partial charge in [-0.1, -0.05) is 84.0 Å². The lowest BCUT2D eigenvalue weighted by Crippen LogP contribution is -2.33. The minimum absolute atomic E-state index is 0.224. The fraction of sp³-hybridized carbons (Fsp3) is 0.914. The summed E-state index contributed by atoms with van der Waals surface area (Å²) in [4.78, 5) is 11.7. The van der Waals surface area contributed by atoms with Crippen LogP contribution in [0, 0.1) is 0 Å². The Balaban J connectivity index is 1.45. The second kappa shape index (κ2) is 22.5. The maximum atomic E-state index is 11.7. The molecule has 0 aromatic heterocycles. The first-order valence-electron chi connectivity index (χ1n) is 17.7. The summed E-state index contributed by atoms with van der Waals surface area (Å²) in [7, 11) is 0. The molecule has 8 nitrogen and oxygen atoms in total. The van der Waals surface area contributed by atoms with Gasteiger partial charge in [0, 0.05) is 18.4 Å². The van der Waals surface area contributed by atoms with Crippen molar-refractivity contribution >= 4 is 5.97 Å². The highest BCUT2D eigenvalue weighted by Crippen LogP contribution is 2.29. The fourth-order valence-corrected chi connectivity index (χ4v) is 6.46. The van der Waals surface area contributed by atoms with E-state index in [2.05, 4.69) is 6.92 Å². The Labute approximate surface area is 261 Å². The van der Waals surface area contributed by atoms with Gasteiger partial charge in [-0.25, -0.2) is 4.79 Å². The Hall–Kier alpha value is -1.03. The lowest BCUT2D eigenvalue weighted by Gasteiger charge is -2.23. The minimum atomic E-state index is -0.744. The molecule has 0 saturated carbocycles. The van der Waals surface area contributed by atoms with E-state index in [0.29, 0.717) is 44.1 Å². The molecule has 0 radical (unpaired) electrons. The normalized spacial score (nSPS) is 24.0. The van der Waals surface area contributed by atoms with Crippen LogP contribution >= 0.6 is 0 Å². The van der Waals surface area contributed by atoms with Gasteiger partial charge in [0.15, 0.2) is 0 Å². The van der Waals surface area contributed by atoms with Gasteiger partial charge in [0.2, 0.25) is 0 Å². The minimum Gasteiger partial charge on any atom is -0.455 e. The number of unbranched alkanes of at least 4 members (excludes halogenated alkanes) is 10. The van der Waals surface area contributed by atoms with Crippen LogP contribution < -0.4 is 0 Å². The number of ether oxygens (including phenoxy) is 2. The summed E-state index contributed by atoms with van der Waals surface area (Å²) < 4.78 is 11.0. The number of hydrogen-bond donors (Lipinski definition) is 5. The summed E-state index contributed by atoms with van der Waals surface area (Å²) in [5.41, 5.74) is 0.528. The first-order valence-corrected chi connectivity index (χ1v) is 17.7. The van der Waals surface area contributed by atoms with Crippen molar-refractivity contribution in [1.29, 1.82) is 0 Å². The summed E-state index contributed by atoms with van der Waals surface area (Å²) in [6.07, 6.45) is 18.0. The van der Waals surface area contributed by atoms with Gasteiger partial charge in [-0.2, -0.15) is 0 Å². The van der Waals surface area contributed by atoms with Gasteiger partial charge in [0.1, 0.15) is 6.10 Å². The Morgan fingerprint density at radius 2 is 1.19 bits per heavy atom. The topological polar surface area (TPSA) is 137 Å². The predicted molar refractivity (Wildman–Crippen MR) is 170 cm³/mol. The van der Waals surface area contributed by atoms with E-state index in [1.807, 2.05) is 0 Å². The van der Waals surface area contributed by atoms with Crippen molar-refractivity contribution in [3.63, 3.8) is 0 Å². The Kier molecular flexibility index (Phi) is 19.9. The van der Waals surface area contributed by atoms with Gasteiger partial charge in [0.25, 0.3) is 0 Å². The monoisotopic (exact) mass is 612 g/mol. The summed E-state index contributed by atoms with van der Waals surface area (Å²) in [5, 5.41) is 52.1. The number of carbonyl (C=O) groups excluding carboxylic acids is 1. The molecule has 252 valence electrons. The quantitative estimate of drug-likeness (QED) is 0.0590. The van der Waals surface area contributed by atoms with Gasteiger partial charge in [-0.15, -0.1) is 0 Å². The van der Waals surface area contributed by atoms with E-state index in [0.717, 1.165) is 38.5 Å². The molecule has 0 aliphatic carbocycles. The van der Waals surface area contributed by atoms with Crippen LogP contribution in [0.4, 0.5) is 0 Å². The lowest BCUT2D eigenvalue weighted by molar-refractivity contribution is -0.139. The van der Waals surface area contributed by atoms with Crippen molar-refractivity contribution in [2.75, 3.05) is 0 Å². The molecule has 2 aliphatic heterocycles. The molecular weight excluding hydrogens is 548 g/mol. The molecule has 43 heavy (non-hydrogen) atoms. The second-order valence-electron chi connectivity index (χ2n) is 13.3. The predicted octanol–water partition coefficient (Wildman–Crippen LogP) is 6.03. The molecule has 0 unspecified atom stereocenters. The zero-order valence-corrected chi connectivity index (χ0v) is 27.2. The third-order valence-electron chi connectivity index (χ3n) is 9.16. The van der Waals surface area contributed by atoms with Crippen molar-refractivity contribution in [1.82, 2.24) is 0 Å². The van der Waals surface area contributed by atoms with Crippen LogP contribution in [-0.4, -0.2) is 80.3 Å². The van der Waals surface area contributed by atoms with Crippen molar-refractivity contribution in [2.24, 2.45) is 0 Å². The lowest BCUT2D eigenvalue weighted by atomic mass is 9.98. The zero-order valence-electron chi connectivity index (χ0n) is 27.2. The van der Waals surface area contributed by atoms with Crippen LogP contribution in [0.15, 0.2) is 11.6 Å². The van der Waals surface area contributed by atoms with Gasteiger partial charge < -0.3 is 35.0 Å². The molecule has 0 spiro atoms. The summed E-state index contributed by atoms with van der Waals surface area (Å²) in [6.45, 7) is 4.04. The highest BCUT2D eigenvalue weighted by molar-refractivity contribution is 5.90. The summed E-state index contributed by atoms with van der Waals surface area (Å²) in [6, 6.07) is 0. The van der Waals surface area contributed by atoms with E-state index in [4.69, 9.17) is 9.47 Å². The number of cyclic esters (lactones) is 1. The molecule has 0 amide bonds. The third-order valence-corrected chi connectivity index (χ3v) is 9.16. The van der Waals surface area contributed by atoms with Gasteiger partial charge >= 0.3 is 5.97 Å². The number of rotatable bonds is 26. The Morgan fingerprint density at radius 1 is 0.674 bits per heavy atom. The number of hydrogen-bond acceptors (Lipinski definition) is 8. The zero-order chi connectivity index (χ0) is 31.5. The standard InChI is InChI=1S/C35H64O8/c1-3-4-5-6-7-8-9-10-11-12-20-31(39)33-21-22-34(43-33)32(40)25-30(38)17-14-13-16-28(36)18-15-19-29(37)24-27-23-26(2)42-35(27)41/h23,26,28-34,36-40H,3-22,24-25H2,1-2H3/t26-,28+,29+,30-,31+,32-,33-,34+/m1/s1. The van der Waals surface area contributed by atoms with Crippen LogP contribution in [0.1, 0.15) is 155 Å². The van der Waals surface area contributed by atoms with Crippen molar-refractivity contribution in [2.45, 2.75) is 204 Å². The molecule has 1 saturated heterocycles. The van der Waals surface area contributed by atoms with Crippen molar-refractivity contribution in [3.8, 4) is 0 Å². The van der Waals surface area contributed by atoms with Gasteiger partial charge in [-0.3, -0.25) is 0 Å². The first kappa shape index (κ1) is 38.2. The molecule has 1 fully saturated rings. The summed E-state index contributed by atoms with van der Waals surface area (Å²) in [5.74, 6) is -0.352. The number of esters is 1. The highest BCUT2D eigenvalue weighted by atomic mass is 16.5.